The first-order valence-corrected chi connectivity index (χ1v) is 16.7. The number of amidine groups is 1. The maximum Gasteiger partial charge on any atom is 0.418 e. The molecular formula is C27H34N8O11S2. The lowest BCUT2D eigenvalue weighted by atomic mass is 9.84. The molecule has 3 aliphatic rings. The number of rotatable bonds is 12. The number of ether oxygens (including phenoxy) is 1. The minimum atomic E-state index is -5.03. The molecule has 5 atom stereocenters. The van der Waals surface area contributed by atoms with E-state index in [2.05, 4.69) is 30.0 Å². The first-order chi connectivity index (χ1) is 22.4. The minimum Gasteiger partial charge on any atom is -0.485 e. The Morgan fingerprint density at radius 3 is 2.71 bits per heavy atom. The van der Waals surface area contributed by atoms with Gasteiger partial charge in [-0.3, -0.25) is 19.1 Å². The van der Waals surface area contributed by atoms with Crippen LogP contribution in [0.5, 0.6) is 5.75 Å². The highest BCUT2D eigenvalue weighted by Gasteiger charge is 2.58. The van der Waals surface area contributed by atoms with Crippen molar-refractivity contribution < 1.29 is 51.4 Å². The molecule has 9 N–H and O–H groups in total. The molecule has 260 valence electrons. The molecular weight excluding hydrogens is 676 g/mol. The van der Waals surface area contributed by atoms with Crippen molar-refractivity contribution in [2.45, 2.75) is 69.0 Å². The molecule has 48 heavy (non-hydrogen) atoms. The van der Waals surface area contributed by atoms with E-state index in [-0.39, 0.29) is 29.8 Å². The third-order valence-electron chi connectivity index (χ3n) is 8.20. The standard InChI is InChI=1S/C27H34N8O11S2/c1-26(2)20(23(38)35(26)46-48(41,42)43)33-22(37)19(15-11-47-25(29)32-15)34-45-27(3,24(39)40)18-7-5-12-8-13(4-6-17(12)44-18)21-30-10-14(31-21)16(36)9-28/h4,6,8,11,14,16,18,20,36H,5,7,9-10,28H2,1-3H3,(H2,29,32)(H,30,31)(H,33,37)(H,39,40)(H,41,42,43)/b34-19-/t14-,16-,18-,20-,27+/m1/s1. The fourth-order valence-corrected chi connectivity index (χ4v) is 6.34. The van der Waals surface area contributed by atoms with Crippen molar-refractivity contribution in [1.29, 1.82) is 0 Å². The second-order valence-electron chi connectivity index (χ2n) is 11.9. The quantitative estimate of drug-likeness (QED) is 0.0575. The fraction of sp³-hybridized carbons (Fsp3) is 0.481. The van der Waals surface area contributed by atoms with Crippen LogP contribution in [0.25, 0.3) is 0 Å². The monoisotopic (exact) mass is 710 g/mol. The van der Waals surface area contributed by atoms with E-state index in [0.29, 0.717) is 29.6 Å². The second kappa shape index (κ2) is 12.9. The number of nitrogens with two attached hydrogens (primary N) is 2. The Hall–Kier alpha value is -4.41. The number of hydroxylamine groups is 2. The number of aliphatic hydroxyl groups excluding tert-OH is 1. The molecule has 21 heteroatoms. The van der Waals surface area contributed by atoms with Crippen LogP contribution in [0.15, 0.2) is 33.7 Å². The number of aliphatic hydroxyl groups is 1. The molecule has 0 unspecified atom stereocenters. The third kappa shape index (κ3) is 6.77. The molecule has 0 aliphatic carbocycles. The maximum absolute atomic E-state index is 13.4. The number of β-lactam (4-membered cyclic amide) rings is 1. The predicted octanol–water partition coefficient (Wildman–Crippen LogP) is -1.44. The van der Waals surface area contributed by atoms with Crippen molar-refractivity contribution in [2.75, 3.05) is 18.8 Å². The van der Waals surface area contributed by atoms with Crippen molar-refractivity contribution in [3.8, 4) is 5.75 Å². The van der Waals surface area contributed by atoms with Gasteiger partial charge in [0.2, 0.25) is 0 Å². The number of thiazole rings is 1. The topological polar surface area (TPSA) is 291 Å². The molecule has 0 radical (unpaired) electrons. The van der Waals surface area contributed by atoms with Crippen LogP contribution in [0, 0.1) is 0 Å². The van der Waals surface area contributed by atoms with E-state index in [4.69, 9.17) is 25.6 Å². The number of benzene rings is 1. The predicted molar refractivity (Wildman–Crippen MR) is 168 cm³/mol. The van der Waals surface area contributed by atoms with Crippen LogP contribution in [-0.2, 0) is 40.3 Å². The SMILES string of the molecule is CC1(C)[C@H](NC(=O)/C(=N\O[C@](C)(C(=O)O)[C@H]2CCc3cc(C4=N[C@@H]([C@H](O)CN)CN4)ccc3O2)c2csc(N)n2)C(=O)N1OS(=O)(=O)O. The summed E-state index contributed by atoms with van der Waals surface area (Å²) in [6.07, 6.45) is -1.28. The van der Waals surface area contributed by atoms with Gasteiger partial charge in [0.15, 0.2) is 16.9 Å². The first-order valence-electron chi connectivity index (χ1n) is 14.5. The summed E-state index contributed by atoms with van der Waals surface area (Å²) in [5.41, 5.74) is 8.64. The molecule has 2 aromatic rings. The van der Waals surface area contributed by atoms with Crippen LogP contribution < -0.4 is 26.8 Å². The van der Waals surface area contributed by atoms with Crippen LogP contribution in [0.1, 0.15) is 44.0 Å². The van der Waals surface area contributed by atoms with Gasteiger partial charge in [-0.1, -0.05) is 5.16 Å². The van der Waals surface area contributed by atoms with Crippen LogP contribution in [0.4, 0.5) is 5.13 Å². The highest BCUT2D eigenvalue weighted by Crippen LogP contribution is 2.35. The van der Waals surface area contributed by atoms with Crippen LogP contribution in [0.3, 0.4) is 0 Å². The van der Waals surface area contributed by atoms with E-state index in [1.807, 2.05) is 6.07 Å². The van der Waals surface area contributed by atoms with Gasteiger partial charge in [-0.2, -0.15) is 13.5 Å². The molecule has 0 spiro atoms. The molecule has 1 aromatic carbocycles. The van der Waals surface area contributed by atoms with Gasteiger partial charge in [-0.05, 0) is 57.4 Å². The smallest absolute Gasteiger partial charge is 0.418 e. The summed E-state index contributed by atoms with van der Waals surface area (Å²) in [6, 6.07) is 3.54. The number of carbonyl (C=O) groups is 3. The first kappa shape index (κ1) is 34.9. The number of anilines is 1. The number of aliphatic carboxylic acids is 1. The van der Waals surface area contributed by atoms with Crippen LogP contribution >= 0.6 is 11.3 Å². The molecule has 1 fully saturated rings. The number of nitrogen functional groups attached to an aromatic ring is 1. The number of hydrogen-bond donors (Lipinski definition) is 7. The number of carboxylic acids is 1. The summed E-state index contributed by atoms with van der Waals surface area (Å²) in [5.74, 6) is -2.49. The maximum atomic E-state index is 13.4. The summed E-state index contributed by atoms with van der Waals surface area (Å²) < 4.78 is 41.7. The molecule has 19 nitrogen and oxygen atoms in total. The molecule has 4 heterocycles. The molecule has 2 amide bonds. The third-order valence-corrected chi connectivity index (χ3v) is 9.22. The van der Waals surface area contributed by atoms with E-state index >= 15 is 0 Å². The molecule has 0 bridgehead atoms. The lowest BCUT2D eigenvalue weighted by Crippen LogP contribution is -2.76. The van der Waals surface area contributed by atoms with Crippen molar-refractivity contribution in [3.05, 3.63) is 40.4 Å². The second-order valence-corrected chi connectivity index (χ2v) is 13.8. The highest BCUT2D eigenvalue weighted by atomic mass is 32.3. The van der Waals surface area contributed by atoms with Gasteiger partial charge in [-0.25, -0.2) is 9.78 Å². The molecule has 3 aliphatic heterocycles. The van der Waals surface area contributed by atoms with E-state index in [1.54, 1.807) is 12.1 Å². The normalized spacial score (nSPS) is 23.8. The molecule has 0 saturated carbocycles. The summed E-state index contributed by atoms with van der Waals surface area (Å²) >= 11 is 0.957. The van der Waals surface area contributed by atoms with Crippen molar-refractivity contribution >= 4 is 56.2 Å². The van der Waals surface area contributed by atoms with E-state index in [9.17, 15) is 33.0 Å². The average Bonchev–Trinajstić information content (AvgIpc) is 3.70. The fourth-order valence-electron chi connectivity index (χ4n) is 5.33. The number of aryl methyl sites for hydroxylation is 1. The van der Waals surface area contributed by atoms with Gasteiger partial charge in [0.05, 0.1) is 17.7 Å². The zero-order valence-corrected chi connectivity index (χ0v) is 27.4. The lowest BCUT2D eigenvalue weighted by Gasteiger charge is -2.50. The van der Waals surface area contributed by atoms with Gasteiger partial charge in [-0.15, -0.1) is 15.6 Å². The molecule has 1 aromatic heterocycles. The Morgan fingerprint density at radius 2 is 2.10 bits per heavy atom. The number of amides is 2. The number of fused-ring (bicyclic) bond motifs is 1. The molecule has 1 saturated heterocycles. The highest BCUT2D eigenvalue weighted by molar-refractivity contribution is 7.80. The zero-order chi connectivity index (χ0) is 35.2. The Bertz CT molecular complexity index is 1800. The minimum absolute atomic E-state index is 0.0516. The Balaban J connectivity index is 1.35. The van der Waals surface area contributed by atoms with Gasteiger partial charge >= 0.3 is 16.4 Å². The summed E-state index contributed by atoms with van der Waals surface area (Å²) in [6.45, 7) is 4.47. The molecule has 5 rings (SSSR count). The van der Waals surface area contributed by atoms with Crippen molar-refractivity contribution in [1.82, 2.24) is 20.7 Å². The van der Waals surface area contributed by atoms with Gasteiger partial charge in [0.25, 0.3) is 17.4 Å². The number of nitrogens with zero attached hydrogens (tertiary/aromatic N) is 4. The van der Waals surface area contributed by atoms with Crippen LogP contribution in [-0.4, -0.2) is 111 Å². The number of oxime groups is 1. The Morgan fingerprint density at radius 1 is 1.38 bits per heavy atom. The number of hydrogen-bond acceptors (Lipinski definition) is 16. The summed E-state index contributed by atoms with van der Waals surface area (Å²) in [5, 5.41) is 31.5. The van der Waals surface area contributed by atoms with Crippen molar-refractivity contribution in [3.63, 3.8) is 0 Å². The number of carbonyl (C=O) groups excluding carboxylic acids is 2. The number of aliphatic imine (C=N–C) groups is 1. The Labute approximate surface area is 277 Å². The van der Waals surface area contributed by atoms with Gasteiger partial charge < -0.3 is 41.9 Å². The van der Waals surface area contributed by atoms with Gasteiger partial charge in [0, 0.05) is 24.0 Å². The average molecular weight is 711 g/mol. The van der Waals surface area contributed by atoms with E-state index in [1.165, 1.54) is 26.2 Å². The Kier molecular flexibility index (Phi) is 9.38. The van der Waals surface area contributed by atoms with Crippen LogP contribution in [0.2, 0.25) is 0 Å². The number of carboxylic acid groups (broad SMARTS) is 1. The van der Waals surface area contributed by atoms with E-state index < -0.39 is 63.3 Å². The summed E-state index contributed by atoms with van der Waals surface area (Å²) in [4.78, 5) is 52.8. The summed E-state index contributed by atoms with van der Waals surface area (Å²) in [7, 11) is -5.03. The number of aromatic nitrogens is 1. The van der Waals surface area contributed by atoms with Crippen molar-refractivity contribution in [2.24, 2.45) is 15.9 Å². The zero-order valence-electron chi connectivity index (χ0n) is 25.8. The van der Waals surface area contributed by atoms with Gasteiger partial charge in [0.1, 0.15) is 23.3 Å². The largest absolute Gasteiger partial charge is 0.485 e. The lowest BCUT2D eigenvalue weighted by molar-refractivity contribution is -0.218. The van der Waals surface area contributed by atoms with E-state index in [0.717, 1.165) is 22.5 Å². The number of nitrogens with one attached hydrogen (secondary N) is 2.